The monoisotopic (exact) mass is 282 g/mol. The van der Waals surface area contributed by atoms with Gasteiger partial charge in [-0.3, -0.25) is 11.3 Å². The Morgan fingerprint density at radius 1 is 1.33 bits per heavy atom. The summed E-state index contributed by atoms with van der Waals surface area (Å²) in [4.78, 5) is 1.12. The SMILES string of the molecule is NNC(CSc1ccccc1Cl)C1=CCCCC1. The third-order valence-corrected chi connectivity index (χ3v) is 4.83. The molecule has 1 unspecified atom stereocenters. The zero-order valence-electron chi connectivity index (χ0n) is 10.4. The van der Waals surface area contributed by atoms with Crippen molar-refractivity contribution in [2.45, 2.75) is 36.6 Å². The molecule has 3 N–H and O–H groups in total. The van der Waals surface area contributed by atoms with E-state index in [-0.39, 0.29) is 6.04 Å². The number of halogens is 1. The fourth-order valence-corrected chi connectivity index (χ4v) is 3.51. The third kappa shape index (κ3) is 3.75. The zero-order valence-corrected chi connectivity index (χ0v) is 11.9. The molecule has 4 heteroatoms. The lowest BCUT2D eigenvalue weighted by molar-refractivity contribution is 0.582. The second kappa shape index (κ2) is 7.19. The Balaban J connectivity index is 1.95. The molecule has 0 spiro atoms. The van der Waals surface area contributed by atoms with Crippen LogP contribution in [0.25, 0.3) is 0 Å². The standard InChI is InChI=1S/C14H19ClN2S/c15-12-8-4-5-9-14(12)18-10-13(17-16)11-6-2-1-3-7-11/h4-6,8-9,13,17H,1-3,7,10,16H2. The molecule has 2 nitrogen and oxygen atoms in total. The van der Waals surface area contributed by atoms with Crippen LogP contribution in [-0.2, 0) is 0 Å². The van der Waals surface area contributed by atoms with Crippen LogP contribution in [0.3, 0.4) is 0 Å². The minimum absolute atomic E-state index is 0.256. The van der Waals surface area contributed by atoms with Gasteiger partial charge in [0, 0.05) is 10.6 Å². The first-order valence-electron chi connectivity index (χ1n) is 6.33. The molecule has 98 valence electrons. The maximum atomic E-state index is 6.15. The molecular weight excluding hydrogens is 264 g/mol. The largest absolute Gasteiger partial charge is 0.271 e. The third-order valence-electron chi connectivity index (χ3n) is 3.22. The molecular formula is C14H19ClN2S. The zero-order chi connectivity index (χ0) is 12.8. The highest BCUT2D eigenvalue weighted by Crippen LogP contribution is 2.29. The lowest BCUT2D eigenvalue weighted by Crippen LogP contribution is -2.39. The van der Waals surface area contributed by atoms with Crippen LogP contribution in [0.15, 0.2) is 40.8 Å². The number of nitrogens with one attached hydrogen (secondary N) is 1. The molecule has 1 aliphatic rings. The molecule has 0 heterocycles. The fraction of sp³-hybridized carbons (Fsp3) is 0.429. The fourth-order valence-electron chi connectivity index (χ4n) is 2.18. The van der Waals surface area contributed by atoms with Crippen molar-refractivity contribution in [3.05, 3.63) is 40.9 Å². The number of benzene rings is 1. The van der Waals surface area contributed by atoms with E-state index in [1.807, 2.05) is 18.2 Å². The van der Waals surface area contributed by atoms with Gasteiger partial charge >= 0.3 is 0 Å². The van der Waals surface area contributed by atoms with Crippen molar-refractivity contribution in [2.24, 2.45) is 5.84 Å². The summed E-state index contributed by atoms with van der Waals surface area (Å²) in [6, 6.07) is 8.20. The number of hydrogen-bond donors (Lipinski definition) is 2. The molecule has 0 saturated carbocycles. The van der Waals surface area contributed by atoms with E-state index in [2.05, 4.69) is 17.6 Å². The van der Waals surface area contributed by atoms with E-state index in [0.717, 1.165) is 22.1 Å². The van der Waals surface area contributed by atoms with Crippen LogP contribution in [0.2, 0.25) is 5.02 Å². The summed E-state index contributed by atoms with van der Waals surface area (Å²) in [6.07, 6.45) is 7.27. The average molecular weight is 283 g/mol. The minimum Gasteiger partial charge on any atom is -0.271 e. The van der Waals surface area contributed by atoms with Crippen molar-refractivity contribution in [2.75, 3.05) is 5.75 Å². The maximum Gasteiger partial charge on any atom is 0.0541 e. The van der Waals surface area contributed by atoms with Crippen LogP contribution in [-0.4, -0.2) is 11.8 Å². The van der Waals surface area contributed by atoms with Gasteiger partial charge in [0.1, 0.15) is 0 Å². The molecule has 1 atom stereocenters. The lowest BCUT2D eigenvalue weighted by Gasteiger charge is -2.22. The average Bonchev–Trinajstić information content (AvgIpc) is 2.42. The molecule has 18 heavy (non-hydrogen) atoms. The van der Waals surface area contributed by atoms with E-state index in [1.165, 1.54) is 24.8 Å². The number of nitrogens with two attached hydrogens (primary N) is 1. The lowest BCUT2D eigenvalue weighted by atomic mass is 9.95. The highest BCUT2D eigenvalue weighted by Gasteiger charge is 2.15. The molecule has 0 radical (unpaired) electrons. The predicted molar refractivity (Wildman–Crippen MR) is 79.8 cm³/mol. The van der Waals surface area contributed by atoms with Gasteiger partial charge in [0.15, 0.2) is 0 Å². The molecule has 0 aromatic heterocycles. The Morgan fingerprint density at radius 3 is 2.83 bits per heavy atom. The summed E-state index contributed by atoms with van der Waals surface area (Å²) in [5.74, 6) is 6.59. The quantitative estimate of drug-likeness (QED) is 0.374. The normalized spacial score (nSPS) is 17.3. The van der Waals surface area contributed by atoms with Gasteiger partial charge in [0.25, 0.3) is 0 Å². The molecule has 0 saturated heterocycles. The summed E-state index contributed by atoms with van der Waals surface area (Å²) in [6.45, 7) is 0. The van der Waals surface area contributed by atoms with Crippen LogP contribution in [0.5, 0.6) is 0 Å². The van der Waals surface area contributed by atoms with Crippen molar-refractivity contribution in [3.63, 3.8) is 0 Å². The first-order valence-corrected chi connectivity index (χ1v) is 7.70. The van der Waals surface area contributed by atoms with Crippen molar-refractivity contribution in [1.82, 2.24) is 5.43 Å². The maximum absolute atomic E-state index is 6.15. The van der Waals surface area contributed by atoms with E-state index in [1.54, 1.807) is 11.8 Å². The van der Waals surface area contributed by atoms with E-state index in [0.29, 0.717) is 0 Å². The topological polar surface area (TPSA) is 38.0 Å². The Morgan fingerprint density at radius 2 is 2.17 bits per heavy atom. The molecule has 0 amide bonds. The Hall–Kier alpha value is -0.480. The van der Waals surface area contributed by atoms with Gasteiger partial charge in [-0.05, 0) is 37.8 Å². The first kappa shape index (κ1) is 13.9. The van der Waals surface area contributed by atoms with Crippen LogP contribution in [0.1, 0.15) is 25.7 Å². The molecule has 2 rings (SSSR count). The number of hydrogen-bond acceptors (Lipinski definition) is 3. The van der Waals surface area contributed by atoms with Gasteiger partial charge in [-0.1, -0.05) is 35.4 Å². The summed E-state index contributed by atoms with van der Waals surface area (Å²) >= 11 is 7.91. The minimum atomic E-state index is 0.256. The number of thioether (sulfide) groups is 1. The van der Waals surface area contributed by atoms with Crippen molar-refractivity contribution < 1.29 is 0 Å². The van der Waals surface area contributed by atoms with E-state index < -0.39 is 0 Å². The summed E-state index contributed by atoms with van der Waals surface area (Å²) in [7, 11) is 0. The van der Waals surface area contributed by atoms with E-state index in [4.69, 9.17) is 17.4 Å². The molecule has 0 aliphatic heterocycles. The highest BCUT2D eigenvalue weighted by atomic mass is 35.5. The number of allylic oxidation sites excluding steroid dienone is 1. The second-order valence-electron chi connectivity index (χ2n) is 4.49. The van der Waals surface area contributed by atoms with E-state index >= 15 is 0 Å². The first-order chi connectivity index (χ1) is 8.81. The highest BCUT2D eigenvalue weighted by molar-refractivity contribution is 7.99. The molecule has 0 fully saturated rings. The van der Waals surface area contributed by atoms with Crippen LogP contribution < -0.4 is 11.3 Å². The van der Waals surface area contributed by atoms with E-state index in [9.17, 15) is 0 Å². The molecule has 1 aromatic rings. The Kier molecular flexibility index (Phi) is 5.57. The van der Waals surface area contributed by atoms with Gasteiger partial charge < -0.3 is 0 Å². The van der Waals surface area contributed by atoms with Crippen LogP contribution >= 0.6 is 23.4 Å². The van der Waals surface area contributed by atoms with Crippen molar-refractivity contribution >= 4 is 23.4 Å². The van der Waals surface area contributed by atoms with Crippen molar-refractivity contribution in [3.8, 4) is 0 Å². The van der Waals surface area contributed by atoms with Gasteiger partial charge in [-0.2, -0.15) is 0 Å². The molecule has 1 aromatic carbocycles. The van der Waals surface area contributed by atoms with Crippen LogP contribution in [0, 0.1) is 0 Å². The number of hydrazine groups is 1. The van der Waals surface area contributed by atoms with Gasteiger partial charge in [-0.15, -0.1) is 11.8 Å². The molecule has 0 bridgehead atoms. The number of rotatable bonds is 5. The predicted octanol–water partition coefficient (Wildman–Crippen LogP) is 3.76. The molecule has 1 aliphatic carbocycles. The summed E-state index contributed by atoms with van der Waals surface area (Å²) in [5.41, 5.74) is 4.38. The van der Waals surface area contributed by atoms with Gasteiger partial charge in [-0.25, -0.2) is 0 Å². The smallest absolute Gasteiger partial charge is 0.0541 e. The van der Waals surface area contributed by atoms with Gasteiger partial charge in [0.2, 0.25) is 0 Å². The summed E-state index contributed by atoms with van der Waals surface area (Å²) < 4.78 is 0. The Labute approximate surface area is 118 Å². The van der Waals surface area contributed by atoms with Crippen molar-refractivity contribution in [1.29, 1.82) is 0 Å². The Bertz CT molecular complexity index is 420. The summed E-state index contributed by atoms with van der Waals surface area (Å²) in [5, 5.41) is 0.816. The second-order valence-corrected chi connectivity index (χ2v) is 5.95. The van der Waals surface area contributed by atoms with Gasteiger partial charge in [0.05, 0.1) is 11.1 Å². The van der Waals surface area contributed by atoms with Crippen LogP contribution in [0.4, 0.5) is 0 Å².